The molecule has 1 aliphatic heterocycles. The Balaban J connectivity index is 1.97. The molecule has 4 atom stereocenters. The minimum atomic E-state index is -0.892. The molecule has 0 bridgehead atoms. The predicted octanol–water partition coefficient (Wildman–Crippen LogP) is 0.122. The van der Waals surface area contributed by atoms with Crippen molar-refractivity contribution < 1.29 is 14.6 Å². The van der Waals surface area contributed by atoms with Crippen molar-refractivity contribution in [3.05, 3.63) is 12.0 Å². The average Bonchev–Trinajstić information content (AvgIpc) is 2.92. The molecule has 0 aromatic carbocycles. The molecule has 0 unspecified atom stereocenters. The van der Waals surface area contributed by atoms with Gasteiger partial charge in [-0.05, 0) is 12.3 Å². The van der Waals surface area contributed by atoms with Gasteiger partial charge in [-0.3, -0.25) is 0 Å². The number of nitrogens with one attached hydrogen (secondary N) is 1. The second-order valence-electron chi connectivity index (χ2n) is 5.28. The number of aliphatic hydroxyl groups excluding tert-OH is 2. The third kappa shape index (κ3) is 1.73. The van der Waals surface area contributed by atoms with E-state index in [4.69, 9.17) is 5.73 Å². The molecule has 1 aromatic rings. The minimum Gasteiger partial charge on any atom is -0.390 e. The van der Waals surface area contributed by atoms with Crippen LogP contribution in [-0.2, 0) is 0 Å². The zero-order valence-electron chi connectivity index (χ0n) is 10.5. The van der Waals surface area contributed by atoms with E-state index in [1.807, 2.05) is 6.92 Å². The van der Waals surface area contributed by atoms with Crippen LogP contribution >= 0.6 is 0 Å². The summed E-state index contributed by atoms with van der Waals surface area (Å²) in [5.41, 5.74) is 6.50. The number of nitrogens with zero attached hydrogens (tertiary/aromatic N) is 2. The number of nitrogen functional groups attached to an aromatic ring is 1. The maximum atomic E-state index is 14.0. The quantitative estimate of drug-likeness (QED) is 0.578. The van der Waals surface area contributed by atoms with Crippen LogP contribution in [0.15, 0.2) is 6.20 Å². The van der Waals surface area contributed by atoms with E-state index in [1.165, 1.54) is 0 Å². The van der Waals surface area contributed by atoms with Crippen LogP contribution in [0.5, 0.6) is 0 Å². The van der Waals surface area contributed by atoms with Crippen molar-refractivity contribution in [2.45, 2.75) is 31.6 Å². The van der Waals surface area contributed by atoms with Gasteiger partial charge < -0.3 is 26.2 Å². The third-order valence-corrected chi connectivity index (χ3v) is 4.09. The van der Waals surface area contributed by atoms with Gasteiger partial charge in [-0.25, -0.2) is 9.37 Å². The van der Waals surface area contributed by atoms with Crippen LogP contribution in [0.25, 0.3) is 0 Å². The van der Waals surface area contributed by atoms with E-state index in [-0.39, 0.29) is 17.8 Å². The Labute approximate surface area is 110 Å². The first-order chi connectivity index (χ1) is 9.00. The van der Waals surface area contributed by atoms with Crippen LogP contribution < -0.4 is 16.0 Å². The topological polar surface area (TPSA) is 94.6 Å². The zero-order valence-corrected chi connectivity index (χ0v) is 10.5. The molecule has 0 spiro atoms. The van der Waals surface area contributed by atoms with Gasteiger partial charge in [-0.1, -0.05) is 6.92 Å². The van der Waals surface area contributed by atoms with Crippen molar-refractivity contribution in [3.63, 3.8) is 0 Å². The Bertz CT molecular complexity index is 513. The van der Waals surface area contributed by atoms with E-state index in [2.05, 4.69) is 10.3 Å². The summed E-state index contributed by atoms with van der Waals surface area (Å²) in [5.74, 6) is -0.262. The molecule has 2 heterocycles. The molecular weight excluding hydrogens is 251 g/mol. The number of pyridine rings is 1. The second-order valence-corrected chi connectivity index (χ2v) is 5.28. The van der Waals surface area contributed by atoms with Crippen LogP contribution in [0, 0.1) is 11.7 Å². The maximum Gasteiger partial charge on any atom is 0.167 e. The molecule has 7 heteroatoms. The molecule has 1 saturated carbocycles. The number of fused-ring (bicyclic) bond motifs is 1. The summed E-state index contributed by atoms with van der Waals surface area (Å²) in [7, 11) is 0. The van der Waals surface area contributed by atoms with E-state index >= 15 is 0 Å². The molecule has 0 radical (unpaired) electrons. The van der Waals surface area contributed by atoms with Gasteiger partial charge in [0.05, 0.1) is 25.0 Å². The Hall–Kier alpha value is -1.60. The number of anilines is 3. The molecule has 1 fully saturated rings. The summed E-state index contributed by atoms with van der Waals surface area (Å²) < 4.78 is 14.0. The van der Waals surface area contributed by atoms with Crippen LogP contribution in [0.4, 0.5) is 21.6 Å². The normalized spacial score (nSPS) is 33.4. The summed E-state index contributed by atoms with van der Waals surface area (Å²) in [6.45, 7) is 2.22. The van der Waals surface area contributed by atoms with Gasteiger partial charge in [0, 0.05) is 0 Å². The molecule has 19 heavy (non-hydrogen) atoms. The van der Waals surface area contributed by atoms with E-state index < -0.39 is 18.0 Å². The Morgan fingerprint density at radius 3 is 2.84 bits per heavy atom. The summed E-state index contributed by atoms with van der Waals surface area (Å²) in [5, 5.41) is 22.9. The largest absolute Gasteiger partial charge is 0.390 e. The standard InChI is InChI=1S/C12H17FN4O2/c1-5-2-7(11(19)10(5)18)17-4-16-8-9(17)6(13)3-15-12(8)14/h3,5,7,10-11,16,18-19H,2,4H2,1H3,(H2,14,15)/t5-,7+,10+,11-/m0/s1. The lowest BCUT2D eigenvalue weighted by Crippen LogP contribution is -2.43. The first kappa shape index (κ1) is 12.4. The lowest BCUT2D eigenvalue weighted by Gasteiger charge is -2.29. The fraction of sp³-hybridized carbons (Fsp3) is 0.583. The Morgan fingerprint density at radius 2 is 2.21 bits per heavy atom. The molecule has 0 saturated heterocycles. The van der Waals surface area contributed by atoms with Gasteiger partial charge in [0.1, 0.15) is 23.3 Å². The van der Waals surface area contributed by atoms with Gasteiger partial charge >= 0.3 is 0 Å². The highest BCUT2D eigenvalue weighted by molar-refractivity contribution is 5.83. The molecule has 6 nitrogen and oxygen atoms in total. The van der Waals surface area contributed by atoms with Gasteiger partial charge in [-0.2, -0.15) is 0 Å². The minimum absolute atomic E-state index is 0.0219. The van der Waals surface area contributed by atoms with Crippen molar-refractivity contribution in [2.24, 2.45) is 5.92 Å². The second kappa shape index (κ2) is 4.21. The smallest absolute Gasteiger partial charge is 0.167 e. The number of nitrogens with two attached hydrogens (primary N) is 1. The molecule has 0 amide bonds. The van der Waals surface area contributed by atoms with Crippen molar-refractivity contribution >= 4 is 17.2 Å². The molecule has 1 aromatic heterocycles. The van der Waals surface area contributed by atoms with Gasteiger partial charge in [0.2, 0.25) is 0 Å². The lowest BCUT2D eigenvalue weighted by molar-refractivity contribution is 0.0181. The summed E-state index contributed by atoms with van der Waals surface area (Å²) in [4.78, 5) is 5.48. The highest BCUT2D eigenvalue weighted by Crippen LogP contribution is 2.42. The number of aliphatic hydroxyl groups is 2. The fourth-order valence-corrected chi connectivity index (χ4v) is 3.01. The number of halogens is 1. The molecule has 5 N–H and O–H groups in total. The Kier molecular flexibility index (Phi) is 2.75. The highest BCUT2D eigenvalue weighted by Gasteiger charge is 2.44. The van der Waals surface area contributed by atoms with Gasteiger partial charge in [-0.15, -0.1) is 0 Å². The monoisotopic (exact) mass is 268 g/mol. The molecule has 1 aliphatic carbocycles. The maximum absolute atomic E-state index is 14.0. The number of rotatable bonds is 1. The predicted molar refractivity (Wildman–Crippen MR) is 69.2 cm³/mol. The highest BCUT2D eigenvalue weighted by atomic mass is 19.1. The van der Waals surface area contributed by atoms with Crippen LogP contribution in [0.2, 0.25) is 0 Å². The summed E-state index contributed by atoms with van der Waals surface area (Å²) >= 11 is 0. The van der Waals surface area contributed by atoms with Crippen molar-refractivity contribution in [1.82, 2.24) is 4.98 Å². The first-order valence-corrected chi connectivity index (χ1v) is 6.31. The number of hydrogen-bond donors (Lipinski definition) is 4. The van der Waals surface area contributed by atoms with E-state index in [0.717, 1.165) is 6.20 Å². The van der Waals surface area contributed by atoms with Gasteiger partial charge in [0.15, 0.2) is 5.82 Å². The summed E-state index contributed by atoms with van der Waals surface area (Å²) in [6.07, 6.45) is 0.00773. The first-order valence-electron chi connectivity index (χ1n) is 6.31. The van der Waals surface area contributed by atoms with Crippen molar-refractivity contribution in [1.29, 1.82) is 0 Å². The fourth-order valence-electron chi connectivity index (χ4n) is 3.01. The summed E-state index contributed by atoms with van der Waals surface area (Å²) in [6, 6.07) is -0.324. The SMILES string of the molecule is C[C@H]1C[C@@H](N2CNc3c(N)ncc(F)c32)[C@H](O)[C@@H]1O. The molecule has 104 valence electrons. The van der Waals surface area contributed by atoms with Crippen LogP contribution in [0.1, 0.15) is 13.3 Å². The Morgan fingerprint density at radius 1 is 1.47 bits per heavy atom. The number of aromatic nitrogens is 1. The van der Waals surface area contributed by atoms with E-state index in [9.17, 15) is 14.6 Å². The molecule has 3 rings (SSSR count). The van der Waals surface area contributed by atoms with Gasteiger partial charge in [0.25, 0.3) is 0 Å². The third-order valence-electron chi connectivity index (χ3n) is 4.09. The zero-order chi connectivity index (χ0) is 13.7. The van der Waals surface area contributed by atoms with Crippen LogP contribution in [-0.4, -0.2) is 40.1 Å². The van der Waals surface area contributed by atoms with E-state index in [0.29, 0.717) is 24.5 Å². The molecular formula is C12H17FN4O2. The van der Waals surface area contributed by atoms with Crippen molar-refractivity contribution in [3.8, 4) is 0 Å². The lowest BCUT2D eigenvalue weighted by atomic mass is 10.1. The average molecular weight is 268 g/mol. The van der Waals surface area contributed by atoms with E-state index in [1.54, 1.807) is 4.90 Å². The number of hydrogen-bond acceptors (Lipinski definition) is 6. The van der Waals surface area contributed by atoms with Crippen LogP contribution in [0.3, 0.4) is 0 Å². The molecule has 2 aliphatic rings. The van der Waals surface area contributed by atoms with Crippen molar-refractivity contribution in [2.75, 3.05) is 22.6 Å².